The Hall–Kier alpha value is -2.43. The molecule has 1 atom stereocenters. The molecule has 2 aromatic carbocycles. The van der Waals surface area contributed by atoms with Crippen LogP contribution < -0.4 is 9.47 Å². The Morgan fingerprint density at radius 3 is 2.55 bits per heavy atom. The van der Waals surface area contributed by atoms with E-state index in [1.165, 1.54) is 4.31 Å². The van der Waals surface area contributed by atoms with E-state index in [1.807, 2.05) is 6.07 Å². The number of piperidine rings is 1. The molecule has 0 radical (unpaired) electrons. The molecule has 0 spiro atoms. The van der Waals surface area contributed by atoms with Gasteiger partial charge in [-0.25, -0.2) is 8.42 Å². The molecule has 0 saturated carbocycles. The zero-order valence-corrected chi connectivity index (χ0v) is 19.5. The first kappa shape index (κ1) is 21.8. The zero-order valence-electron chi connectivity index (χ0n) is 17.1. The third-order valence-corrected chi connectivity index (χ3v) is 7.68. The molecule has 0 amide bonds. The summed E-state index contributed by atoms with van der Waals surface area (Å²) in [5.41, 5.74) is 0.725. The molecule has 3 aromatic rings. The smallest absolute Gasteiger partial charge is 0.243 e. The molecule has 8 nitrogen and oxygen atoms in total. The SMILES string of the molecule is COc1ccc(-c2noc([C@H]3CCCN(S(=O)(=O)c4ccc(Br)cc4)C3)n2)cc1OC. The Bertz CT molecular complexity index is 1160. The van der Waals surface area contributed by atoms with E-state index in [2.05, 4.69) is 26.1 Å². The number of sulfonamides is 1. The standard InChI is InChI=1S/C21H22BrN3O5S/c1-28-18-10-5-14(12-19(18)29-2)20-23-21(30-24-20)15-4-3-11-25(13-15)31(26,27)17-8-6-16(22)7-9-17/h5-10,12,15H,3-4,11,13H2,1-2H3/t15-/m0/s1. The van der Waals surface area contributed by atoms with Gasteiger partial charge in [0, 0.05) is 23.1 Å². The van der Waals surface area contributed by atoms with Crippen molar-refractivity contribution in [3.8, 4) is 22.9 Å². The van der Waals surface area contributed by atoms with Gasteiger partial charge < -0.3 is 14.0 Å². The molecule has 0 aliphatic carbocycles. The monoisotopic (exact) mass is 507 g/mol. The number of benzene rings is 2. The number of halogens is 1. The van der Waals surface area contributed by atoms with Gasteiger partial charge in [0.05, 0.1) is 25.0 Å². The van der Waals surface area contributed by atoms with Crippen LogP contribution in [0.25, 0.3) is 11.4 Å². The van der Waals surface area contributed by atoms with Crippen molar-refractivity contribution in [1.82, 2.24) is 14.4 Å². The summed E-state index contributed by atoms with van der Waals surface area (Å²) in [6.07, 6.45) is 1.49. The van der Waals surface area contributed by atoms with Gasteiger partial charge in [0.25, 0.3) is 0 Å². The average molecular weight is 508 g/mol. The van der Waals surface area contributed by atoms with Crippen molar-refractivity contribution < 1.29 is 22.4 Å². The second kappa shape index (κ2) is 8.97. The second-order valence-electron chi connectivity index (χ2n) is 7.18. The van der Waals surface area contributed by atoms with Gasteiger partial charge >= 0.3 is 0 Å². The van der Waals surface area contributed by atoms with Gasteiger partial charge in [0.1, 0.15) is 0 Å². The van der Waals surface area contributed by atoms with E-state index >= 15 is 0 Å². The topological polar surface area (TPSA) is 94.8 Å². The lowest BCUT2D eigenvalue weighted by molar-refractivity contribution is 0.265. The van der Waals surface area contributed by atoms with Crippen molar-refractivity contribution in [1.29, 1.82) is 0 Å². The lowest BCUT2D eigenvalue weighted by atomic mass is 10.00. The number of hydrogen-bond acceptors (Lipinski definition) is 7. The molecule has 0 bridgehead atoms. The molecule has 0 unspecified atom stereocenters. The van der Waals surface area contributed by atoms with Gasteiger partial charge in [-0.15, -0.1) is 0 Å². The van der Waals surface area contributed by atoms with E-state index in [0.717, 1.165) is 16.5 Å². The fourth-order valence-electron chi connectivity index (χ4n) is 3.61. The normalized spacial score (nSPS) is 17.5. The predicted molar refractivity (Wildman–Crippen MR) is 118 cm³/mol. The molecule has 1 fully saturated rings. The van der Waals surface area contributed by atoms with Crippen LogP contribution in [-0.4, -0.2) is 50.2 Å². The van der Waals surface area contributed by atoms with E-state index in [0.29, 0.717) is 42.7 Å². The minimum atomic E-state index is -3.59. The fraction of sp³-hybridized carbons (Fsp3) is 0.333. The van der Waals surface area contributed by atoms with Gasteiger partial charge in [0.15, 0.2) is 11.5 Å². The van der Waals surface area contributed by atoms with Crippen molar-refractivity contribution in [2.75, 3.05) is 27.3 Å². The zero-order chi connectivity index (χ0) is 22.0. The molecule has 1 saturated heterocycles. The number of methoxy groups -OCH3 is 2. The third-order valence-electron chi connectivity index (χ3n) is 5.27. The molecule has 2 heterocycles. The maximum atomic E-state index is 13.1. The Balaban J connectivity index is 1.55. The maximum absolute atomic E-state index is 13.1. The van der Waals surface area contributed by atoms with Crippen molar-refractivity contribution in [2.24, 2.45) is 0 Å². The van der Waals surface area contributed by atoms with E-state index in [-0.39, 0.29) is 10.8 Å². The van der Waals surface area contributed by atoms with E-state index in [4.69, 9.17) is 14.0 Å². The largest absolute Gasteiger partial charge is 0.493 e. The van der Waals surface area contributed by atoms with Gasteiger partial charge in [0.2, 0.25) is 21.7 Å². The molecule has 164 valence electrons. The lowest BCUT2D eigenvalue weighted by Gasteiger charge is -2.30. The van der Waals surface area contributed by atoms with Crippen LogP contribution in [-0.2, 0) is 10.0 Å². The predicted octanol–water partition coefficient (Wildman–Crippen LogP) is 4.08. The summed E-state index contributed by atoms with van der Waals surface area (Å²) in [4.78, 5) is 4.81. The van der Waals surface area contributed by atoms with Crippen LogP contribution in [0.5, 0.6) is 11.5 Å². The van der Waals surface area contributed by atoms with Crippen LogP contribution in [0.3, 0.4) is 0 Å². The van der Waals surface area contributed by atoms with Crippen LogP contribution in [0.15, 0.2) is 56.4 Å². The highest BCUT2D eigenvalue weighted by Gasteiger charge is 2.33. The summed E-state index contributed by atoms with van der Waals surface area (Å²) < 4.78 is 44.5. The van der Waals surface area contributed by atoms with Crippen LogP contribution in [0.2, 0.25) is 0 Å². The molecular weight excluding hydrogens is 486 g/mol. The lowest BCUT2D eigenvalue weighted by Crippen LogP contribution is -2.39. The maximum Gasteiger partial charge on any atom is 0.243 e. The number of nitrogens with zero attached hydrogens (tertiary/aromatic N) is 3. The number of ether oxygens (including phenoxy) is 2. The molecule has 10 heteroatoms. The van der Waals surface area contributed by atoms with Crippen molar-refractivity contribution in [3.63, 3.8) is 0 Å². The second-order valence-corrected chi connectivity index (χ2v) is 10.0. The molecule has 4 rings (SSSR count). The molecule has 1 aromatic heterocycles. The first-order valence-corrected chi connectivity index (χ1v) is 12.0. The van der Waals surface area contributed by atoms with Gasteiger partial charge in [-0.1, -0.05) is 21.1 Å². The van der Waals surface area contributed by atoms with Crippen LogP contribution >= 0.6 is 15.9 Å². The molecule has 0 N–H and O–H groups in total. The average Bonchev–Trinajstić information content (AvgIpc) is 3.29. The molecule has 31 heavy (non-hydrogen) atoms. The highest BCUT2D eigenvalue weighted by atomic mass is 79.9. The fourth-order valence-corrected chi connectivity index (χ4v) is 5.40. The Morgan fingerprint density at radius 2 is 1.84 bits per heavy atom. The Kier molecular flexibility index (Phi) is 6.31. The summed E-state index contributed by atoms with van der Waals surface area (Å²) >= 11 is 3.34. The van der Waals surface area contributed by atoms with Crippen molar-refractivity contribution in [3.05, 3.63) is 52.8 Å². The van der Waals surface area contributed by atoms with E-state index < -0.39 is 10.0 Å². The minimum absolute atomic E-state index is 0.166. The summed E-state index contributed by atoms with van der Waals surface area (Å²) in [7, 11) is -0.458. The van der Waals surface area contributed by atoms with Crippen molar-refractivity contribution >= 4 is 26.0 Å². The van der Waals surface area contributed by atoms with E-state index in [1.54, 1.807) is 50.6 Å². The van der Waals surface area contributed by atoms with Crippen molar-refractivity contribution in [2.45, 2.75) is 23.7 Å². The van der Waals surface area contributed by atoms with Crippen LogP contribution in [0.1, 0.15) is 24.7 Å². The number of aromatic nitrogens is 2. The summed E-state index contributed by atoms with van der Waals surface area (Å²) in [6, 6.07) is 12.0. The number of rotatable bonds is 6. The quantitative estimate of drug-likeness (QED) is 0.495. The Morgan fingerprint density at radius 1 is 1.10 bits per heavy atom. The molecule has 1 aliphatic heterocycles. The van der Waals surface area contributed by atoms with Crippen LogP contribution in [0.4, 0.5) is 0 Å². The highest BCUT2D eigenvalue weighted by Crippen LogP contribution is 2.33. The first-order valence-electron chi connectivity index (χ1n) is 9.74. The third kappa shape index (κ3) is 4.46. The van der Waals surface area contributed by atoms with Gasteiger partial charge in [-0.3, -0.25) is 0 Å². The number of hydrogen-bond donors (Lipinski definition) is 0. The molecule has 1 aliphatic rings. The van der Waals surface area contributed by atoms with E-state index in [9.17, 15) is 8.42 Å². The van der Waals surface area contributed by atoms with Crippen LogP contribution in [0, 0.1) is 0 Å². The van der Waals surface area contributed by atoms with Gasteiger partial charge in [-0.05, 0) is 55.3 Å². The minimum Gasteiger partial charge on any atom is -0.493 e. The molecular formula is C21H22BrN3O5S. The summed E-state index contributed by atoms with van der Waals surface area (Å²) in [5.74, 6) is 1.86. The Labute approximate surface area is 189 Å². The summed E-state index contributed by atoms with van der Waals surface area (Å²) in [5, 5.41) is 4.09. The van der Waals surface area contributed by atoms with Gasteiger partial charge in [-0.2, -0.15) is 9.29 Å². The summed E-state index contributed by atoms with van der Waals surface area (Å²) in [6.45, 7) is 0.761. The first-order chi connectivity index (χ1) is 14.9. The highest BCUT2D eigenvalue weighted by molar-refractivity contribution is 9.10.